The number of ether oxygens (including phenoxy) is 2. The van der Waals surface area contributed by atoms with Crippen LogP contribution in [0, 0.1) is 21.7 Å². The molecule has 42 heavy (non-hydrogen) atoms. The van der Waals surface area contributed by atoms with Crippen LogP contribution in [0.4, 0.5) is 0 Å². The molecule has 0 bridgehead atoms. The summed E-state index contributed by atoms with van der Waals surface area (Å²) in [6, 6.07) is 0. The molecule has 0 radical (unpaired) electrons. The average molecular weight is 596 g/mol. The number of hydrogen-bond acceptors (Lipinski definition) is 5. The number of Topliss-reactive ketones (excluding diaryl/α,β-unsaturated/α-hetero) is 2. The smallest absolute Gasteiger partial charge is 0.220 e. The Labute approximate surface area is 260 Å². The molecule has 1 amide bonds. The summed E-state index contributed by atoms with van der Waals surface area (Å²) in [6.07, 6.45) is 3.55. The summed E-state index contributed by atoms with van der Waals surface area (Å²) in [5.74, 6) is 0.128. The number of carbonyl (C=O) groups is 3. The van der Waals surface area contributed by atoms with Crippen LogP contribution in [0.3, 0.4) is 0 Å². The third-order valence-corrected chi connectivity index (χ3v) is 7.84. The summed E-state index contributed by atoms with van der Waals surface area (Å²) >= 11 is 0. The number of nitrogens with one attached hydrogen (secondary N) is 1. The number of rotatable bonds is 18. The highest BCUT2D eigenvalue weighted by Gasteiger charge is 2.44. The third kappa shape index (κ3) is 14.9. The molecule has 248 valence electrons. The van der Waals surface area contributed by atoms with E-state index < -0.39 is 22.0 Å². The molecule has 0 saturated heterocycles. The SMILES string of the molecule is CCC(=O)C(C)(C)CC(C)(C)C(=O)C(C)(C)OCCC(C)(C)NC(=O)CC(C)(C)CC(C)(C)OC(C)(C)CC(C)(C)C. The first kappa shape index (κ1) is 40.7. The second-order valence-electron chi connectivity index (χ2n) is 18.5. The molecule has 0 spiro atoms. The Hall–Kier alpha value is -1.27. The molecule has 0 atom stereocenters. The monoisotopic (exact) mass is 596 g/mol. The van der Waals surface area contributed by atoms with E-state index in [1.54, 1.807) is 13.8 Å². The zero-order chi connectivity index (χ0) is 33.8. The van der Waals surface area contributed by atoms with Crippen LogP contribution in [0.2, 0.25) is 0 Å². The maximum atomic E-state index is 13.5. The van der Waals surface area contributed by atoms with Gasteiger partial charge in [0.25, 0.3) is 0 Å². The van der Waals surface area contributed by atoms with Crippen LogP contribution in [0.25, 0.3) is 0 Å². The van der Waals surface area contributed by atoms with E-state index in [4.69, 9.17) is 9.47 Å². The molecule has 0 aliphatic carbocycles. The van der Waals surface area contributed by atoms with Gasteiger partial charge in [-0.15, -0.1) is 0 Å². The average Bonchev–Trinajstić information content (AvgIpc) is 2.66. The molecular formula is C36H69NO5. The highest BCUT2D eigenvalue weighted by Crippen LogP contribution is 2.40. The second-order valence-corrected chi connectivity index (χ2v) is 18.5. The third-order valence-electron chi connectivity index (χ3n) is 7.84. The molecule has 0 aliphatic rings. The topological polar surface area (TPSA) is 81.7 Å². The van der Waals surface area contributed by atoms with Gasteiger partial charge in [-0.05, 0) is 91.9 Å². The summed E-state index contributed by atoms with van der Waals surface area (Å²) in [4.78, 5) is 39.1. The van der Waals surface area contributed by atoms with Crippen molar-refractivity contribution in [1.82, 2.24) is 5.32 Å². The van der Waals surface area contributed by atoms with Crippen molar-refractivity contribution in [2.45, 2.75) is 185 Å². The minimum absolute atomic E-state index is 0.00551. The highest BCUT2D eigenvalue weighted by atomic mass is 16.5. The van der Waals surface area contributed by atoms with Gasteiger partial charge in [-0.1, -0.05) is 69.2 Å². The Morgan fingerprint density at radius 3 is 1.57 bits per heavy atom. The summed E-state index contributed by atoms with van der Waals surface area (Å²) in [5.41, 5.74) is -3.55. The molecule has 0 fully saturated rings. The van der Waals surface area contributed by atoms with Crippen LogP contribution in [0.5, 0.6) is 0 Å². The van der Waals surface area contributed by atoms with Crippen LogP contribution in [0.15, 0.2) is 0 Å². The molecule has 0 rings (SSSR count). The molecule has 0 saturated carbocycles. The highest BCUT2D eigenvalue weighted by molar-refractivity contribution is 5.92. The van der Waals surface area contributed by atoms with E-state index in [0.717, 1.165) is 12.8 Å². The molecule has 0 aromatic carbocycles. The summed E-state index contributed by atoms with van der Waals surface area (Å²) in [7, 11) is 0. The van der Waals surface area contributed by atoms with Crippen molar-refractivity contribution in [3.63, 3.8) is 0 Å². The molecule has 6 nitrogen and oxygen atoms in total. The van der Waals surface area contributed by atoms with Crippen LogP contribution < -0.4 is 5.32 Å². The van der Waals surface area contributed by atoms with Crippen LogP contribution in [0.1, 0.15) is 163 Å². The van der Waals surface area contributed by atoms with E-state index in [0.29, 0.717) is 32.3 Å². The number of amides is 1. The Morgan fingerprint density at radius 1 is 0.643 bits per heavy atom. The lowest BCUT2D eigenvalue weighted by Crippen LogP contribution is -2.49. The molecule has 0 heterocycles. The Bertz CT molecular complexity index is 929. The van der Waals surface area contributed by atoms with Gasteiger partial charge in [-0.3, -0.25) is 14.4 Å². The summed E-state index contributed by atoms with van der Waals surface area (Å²) < 4.78 is 12.7. The molecular weight excluding hydrogens is 526 g/mol. The maximum absolute atomic E-state index is 13.5. The lowest BCUT2D eigenvalue weighted by molar-refractivity contribution is -0.154. The Kier molecular flexibility index (Phi) is 13.4. The van der Waals surface area contributed by atoms with Gasteiger partial charge in [0, 0.05) is 29.2 Å². The number of hydrogen-bond donors (Lipinski definition) is 1. The predicted octanol–water partition coefficient (Wildman–Crippen LogP) is 8.87. The number of ketones is 2. The van der Waals surface area contributed by atoms with Crippen molar-refractivity contribution in [3.05, 3.63) is 0 Å². The van der Waals surface area contributed by atoms with Gasteiger partial charge >= 0.3 is 0 Å². The van der Waals surface area contributed by atoms with Gasteiger partial charge in [0.1, 0.15) is 11.4 Å². The van der Waals surface area contributed by atoms with E-state index >= 15 is 0 Å². The normalized spacial score (nSPS) is 14.6. The van der Waals surface area contributed by atoms with Gasteiger partial charge in [-0.25, -0.2) is 0 Å². The van der Waals surface area contributed by atoms with E-state index in [-0.39, 0.29) is 39.5 Å². The predicted molar refractivity (Wildman–Crippen MR) is 176 cm³/mol. The van der Waals surface area contributed by atoms with Gasteiger partial charge in [-0.2, -0.15) is 0 Å². The molecule has 6 heteroatoms. The Balaban J connectivity index is 5.14. The van der Waals surface area contributed by atoms with Crippen LogP contribution >= 0.6 is 0 Å². The van der Waals surface area contributed by atoms with Crippen LogP contribution in [-0.4, -0.2) is 46.4 Å². The van der Waals surface area contributed by atoms with Crippen molar-refractivity contribution >= 4 is 17.5 Å². The molecule has 0 aromatic heterocycles. The Morgan fingerprint density at radius 2 is 1.12 bits per heavy atom. The van der Waals surface area contributed by atoms with E-state index in [2.05, 4.69) is 67.6 Å². The minimum Gasteiger partial charge on any atom is -0.370 e. The fraction of sp³-hybridized carbons (Fsp3) is 0.917. The standard InChI is InChI=1S/C36H69NO5/c1-19-26(38)31(7,8)25-32(9,10)28(40)36(17,18)41-21-20-33(11,12)37-27(39)22-30(5,6)24-35(15,16)42-34(13,14)23-29(2,3)4/h19-25H2,1-18H3,(H,37,39). The largest absolute Gasteiger partial charge is 0.370 e. The molecule has 0 aliphatic heterocycles. The van der Waals surface area contributed by atoms with Crippen molar-refractivity contribution in [1.29, 1.82) is 0 Å². The lowest BCUT2D eigenvalue weighted by Gasteiger charge is -2.43. The zero-order valence-corrected chi connectivity index (χ0v) is 31.0. The van der Waals surface area contributed by atoms with E-state index in [1.807, 2.05) is 48.5 Å². The molecule has 1 N–H and O–H groups in total. The first-order chi connectivity index (χ1) is 18.3. The first-order valence-electron chi connectivity index (χ1n) is 16.0. The maximum Gasteiger partial charge on any atom is 0.220 e. The molecule has 0 aromatic rings. The summed E-state index contributed by atoms with van der Waals surface area (Å²) in [5, 5.41) is 3.19. The fourth-order valence-electron chi connectivity index (χ4n) is 7.44. The summed E-state index contributed by atoms with van der Waals surface area (Å²) in [6.45, 7) is 36.8. The fourth-order valence-corrected chi connectivity index (χ4v) is 7.44. The second kappa shape index (κ2) is 13.8. The van der Waals surface area contributed by atoms with Gasteiger partial charge in [0.05, 0.1) is 17.8 Å². The van der Waals surface area contributed by atoms with E-state index in [9.17, 15) is 14.4 Å². The quantitative estimate of drug-likeness (QED) is 0.171. The lowest BCUT2D eigenvalue weighted by atomic mass is 9.68. The van der Waals surface area contributed by atoms with Crippen molar-refractivity contribution in [3.8, 4) is 0 Å². The van der Waals surface area contributed by atoms with Gasteiger partial charge in [0.2, 0.25) is 5.91 Å². The molecule has 0 unspecified atom stereocenters. The van der Waals surface area contributed by atoms with Gasteiger partial charge < -0.3 is 14.8 Å². The minimum atomic E-state index is -1.01. The first-order valence-corrected chi connectivity index (χ1v) is 16.0. The van der Waals surface area contributed by atoms with Gasteiger partial charge in [0.15, 0.2) is 5.78 Å². The van der Waals surface area contributed by atoms with Crippen molar-refractivity contribution in [2.24, 2.45) is 21.7 Å². The zero-order valence-electron chi connectivity index (χ0n) is 31.0. The van der Waals surface area contributed by atoms with Crippen molar-refractivity contribution < 1.29 is 23.9 Å². The van der Waals surface area contributed by atoms with Crippen LogP contribution in [-0.2, 0) is 23.9 Å². The number of carbonyl (C=O) groups excluding carboxylic acids is 3. The van der Waals surface area contributed by atoms with E-state index in [1.165, 1.54) is 0 Å². The van der Waals surface area contributed by atoms with Crippen molar-refractivity contribution in [2.75, 3.05) is 6.61 Å².